The predicted octanol–water partition coefficient (Wildman–Crippen LogP) is 2.71. The number of fused-ring (bicyclic) bond motifs is 1. The van der Waals surface area contributed by atoms with E-state index in [0.717, 1.165) is 5.56 Å². The highest BCUT2D eigenvalue weighted by molar-refractivity contribution is 6.30. The summed E-state index contributed by atoms with van der Waals surface area (Å²) in [5.74, 6) is -0.172. The van der Waals surface area contributed by atoms with Crippen molar-refractivity contribution in [2.45, 2.75) is 13.1 Å². The summed E-state index contributed by atoms with van der Waals surface area (Å²) in [5, 5.41) is 1.13. The summed E-state index contributed by atoms with van der Waals surface area (Å²) in [7, 11) is 1.70. The van der Waals surface area contributed by atoms with Crippen molar-refractivity contribution in [2.75, 3.05) is 7.05 Å². The zero-order chi connectivity index (χ0) is 17.1. The van der Waals surface area contributed by atoms with Gasteiger partial charge in [-0.3, -0.25) is 14.2 Å². The van der Waals surface area contributed by atoms with Crippen molar-refractivity contribution in [3.05, 3.63) is 75.8 Å². The molecular formula is C18H16ClN3O2. The minimum Gasteiger partial charge on any atom is -0.340 e. The minimum absolute atomic E-state index is 0.0479. The number of aromatic nitrogens is 2. The van der Waals surface area contributed by atoms with Crippen molar-refractivity contribution in [3.8, 4) is 0 Å². The van der Waals surface area contributed by atoms with E-state index in [2.05, 4.69) is 4.98 Å². The molecule has 0 saturated carbocycles. The van der Waals surface area contributed by atoms with E-state index in [0.29, 0.717) is 22.5 Å². The third-order valence-electron chi connectivity index (χ3n) is 3.77. The Labute approximate surface area is 144 Å². The van der Waals surface area contributed by atoms with Crippen LogP contribution in [0.1, 0.15) is 5.56 Å². The quantitative estimate of drug-likeness (QED) is 0.733. The fraction of sp³-hybridized carbons (Fsp3) is 0.167. The van der Waals surface area contributed by atoms with Crippen molar-refractivity contribution >= 4 is 28.4 Å². The molecule has 1 heterocycles. The lowest BCUT2D eigenvalue weighted by Crippen LogP contribution is -2.33. The molecule has 1 aromatic heterocycles. The van der Waals surface area contributed by atoms with Gasteiger partial charge in [-0.2, -0.15) is 0 Å². The molecule has 0 bridgehead atoms. The predicted molar refractivity (Wildman–Crippen MR) is 93.9 cm³/mol. The summed E-state index contributed by atoms with van der Waals surface area (Å²) in [5.41, 5.74) is 1.34. The molecule has 2 aromatic carbocycles. The Kier molecular flexibility index (Phi) is 4.62. The number of para-hydroxylation sites is 1. The van der Waals surface area contributed by atoms with Crippen LogP contribution in [0.25, 0.3) is 10.9 Å². The van der Waals surface area contributed by atoms with Crippen LogP contribution in [0, 0.1) is 0 Å². The smallest absolute Gasteiger partial charge is 0.261 e. The molecule has 0 spiro atoms. The summed E-state index contributed by atoms with van der Waals surface area (Å²) in [6, 6.07) is 14.4. The number of likely N-dealkylation sites (N-methyl/N-ethyl adjacent to an activating group) is 1. The second kappa shape index (κ2) is 6.84. The molecular weight excluding hydrogens is 326 g/mol. The van der Waals surface area contributed by atoms with Gasteiger partial charge in [0.15, 0.2) is 0 Å². The van der Waals surface area contributed by atoms with E-state index >= 15 is 0 Å². The lowest BCUT2D eigenvalue weighted by Gasteiger charge is -2.18. The first-order valence-electron chi connectivity index (χ1n) is 7.47. The zero-order valence-electron chi connectivity index (χ0n) is 13.1. The molecule has 0 saturated heterocycles. The molecule has 0 aliphatic carbocycles. The monoisotopic (exact) mass is 341 g/mol. The average Bonchev–Trinajstić information content (AvgIpc) is 2.57. The van der Waals surface area contributed by atoms with Crippen LogP contribution in [-0.4, -0.2) is 27.4 Å². The molecule has 1 amide bonds. The molecule has 24 heavy (non-hydrogen) atoms. The Morgan fingerprint density at radius 1 is 1.21 bits per heavy atom. The van der Waals surface area contributed by atoms with Crippen molar-refractivity contribution in [1.82, 2.24) is 14.5 Å². The molecule has 0 unspecified atom stereocenters. The summed E-state index contributed by atoms with van der Waals surface area (Å²) in [4.78, 5) is 30.6. The first-order valence-corrected chi connectivity index (χ1v) is 7.85. The highest BCUT2D eigenvalue weighted by Crippen LogP contribution is 2.12. The van der Waals surface area contributed by atoms with Crippen LogP contribution in [0.3, 0.4) is 0 Å². The SMILES string of the molecule is CN(Cc1cccc(Cl)c1)C(=O)Cn1cnc2ccccc2c1=O. The van der Waals surface area contributed by atoms with E-state index in [4.69, 9.17) is 11.6 Å². The van der Waals surface area contributed by atoms with E-state index in [1.165, 1.54) is 10.9 Å². The lowest BCUT2D eigenvalue weighted by atomic mass is 10.2. The third kappa shape index (κ3) is 3.46. The highest BCUT2D eigenvalue weighted by Gasteiger charge is 2.12. The van der Waals surface area contributed by atoms with Gasteiger partial charge in [0, 0.05) is 18.6 Å². The molecule has 0 fully saturated rings. The van der Waals surface area contributed by atoms with Crippen molar-refractivity contribution < 1.29 is 4.79 Å². The Balaban J connectivity index is 1.77. The van der Waals surface area contributed by atoms with Crippen molar-refractivity contribution in [1.29, 1.82) is 0 Å². The van der Waals surface area contributed by atoms with E-state index in [9.17, 15) is 9.59 Å². The van der Waals surface area contributed by atoms with Gasteiger partial charge in [-0.1, -0.05) is 35.9 Å². The maximum atomic E-state index is 12.4. The molecule has 3 aromatic rings. The Bertz CT molecular complexity index is 952. The Morgan fingerprint density at radius 3 is 2.79 bits per heavy atom. The standard InChI is InChI=1S/C18H16ClN3O2/c1-21(10-13-5-4-6-14(19)9-13)17(23)11-22-12-20-16-8-3-2-7-15(16)18(22)24/h2-9,12H,10-11H2,1H3. The molecule has 0 N–H and O–H groups in total. The van der Waals surface area contributed by atoms with Crippen LogP contribution in [0.5, 0.6) is 0 Å². The van der Waals surface area contributed by atoms with Gasteiger partial charge >= 0.3 is 0 Å². The number of benzene rings is 2. The Hall–Kier alpha value is -2.66. The number of amides is 1. The first-order chi connectivity index (χ1) is 11.5. The summed E-state index contributed by atoms with van der Waals surface area (Å²) in [6.07, 6.45) is 1.41. The first kappa shape index (κ1) is 16.2. The fourth-order valence-electron chi connectivity index (χ4n) is 2.48. The van der Waals surface area contributed by atoms with Crippen LogP contribution < -0.4 is 5.56 Å². The van der Waals surface area contributed by atoms with Crippen molar-refractivity contribution in [3.63, 3.8) is 0 Å². The molecule has 0 radical (unpaired) electrons. The maximum absolute atomic E-state index is 12.4. The minimum atomic E-state index is -0.217. The summed E-state index contributed by atoms with van der Waals surface area (Å²) >= 11 is 5.96. The average molecular weight is 342 g/mol. The number of hydrogen-bond acceptors (Lipinski definition) is 3. The summed E-state index contributed by atoms with van der Waals surface area (Å²) < 4.78 is 1.33. The van der Waals surface area contributed by atoms with E-state index in [1.54, 1.807) is 36.2 Å². The Morgan fingerprint density at radius 2 is 2.00 bits per heavy atom. The topological polar surface area (TPSA) is 55.2 Å². The second-order valence-electron chi connectivity index (χ2n) is 5.57. The van der Waals surface area contributed by atoms with Crippen LogP contribution in [-0.2, 0) is 17.9 Å². The zero-order valence-corrected chi connectivity index (χ0v) is 13.9. The maximum Gasteiger partial charge on any atom is 0.261 e. The number of nitrogens with zero attached hydrogens (tertiary/aromatic N) is 3. The van der Waals surface area contributed by atoms with Gasteiger partial charge in [0.1, 0.15) is 6.54 Å². The van der Waals surface area contributed by atoms with Gasteiger partial charge in [0.05, 0.1) is 17.2 Å². The highest BCUT2D eigenvalue weighted by atomic mass is 35.5. The number of hydrogen-bond donors (Lipinski definition) is 0. The molecule has 3 rings (SSSR count). The lowest BCUT2D eigenvalue weighted by molar-refractivity contribution is -0.131. The van der Waals surface area contributed by atoms with Crippen LogP contribution in [0.2, 0.25) is 5.02 Å². The van der Waals surface area contributed by atoms with Crippen LogP contribution >= 0.6 is 11.6 Å². The third-order valence-corrected chi connectivity index (χ3v) is 4.01. The largest absolute Gasteiger partial charge is 0.340 e. The summed E-state index contributed by atoms with van der Waals surface area (Å²) in [6.45, 7) is 0.378. The molecule has 0 atom stereocenters. The molecule has 6 heteroatoms. The van der Waals surface area contributed by atoms with Crippen molar-refractivity contribution in [2.24, 2.45) is 0 Å². The number of carbonyl (C=O) groups is 1. The number of halogens is 1. The molecule has 0 aliphatic rings. The number of carbonyl (C=O) groups excluding carboxylic acids is 1. The molecule has 5 nitrogen and oxygen atoms in total. The molecule has 0 aliphatic heterocycles. The second-order valence-corrected chi connectivity index (χ2v) is 6.01. The van der Waals surface area contributed by atoms with E-state index in [-0.39, 0.29) is 18.0 Å². The van der Waals surface area contributed by atoms with E-state index in [1.807, 2.05) is 24.3 Å². The van der Waals surface area contributed by atoms with Gasteiger partial charge in [-0.15, -0.1) is 0 Å². The van der Waals surface area contributed by atoms with E-state index < -0.39 is 0 Å². The van der Waals surface area contributed by atoms with Crippen LogP contribution in [0.15, 0.2) is 59.7 Å². The van der Waals surface area contributed by atoms with Gasteiger partial charge in [0.2, 0.25) is 5.91 Å². The van der Waals surface area contributed by atoms with Gasteiger partial charge in [-0.25, -0.2) is 4.98 Å². The van der Waals surface area contributed by atoms with Gasteiger partial charge in [0.25, 0.3) is 5.56 Å². The normalized spacial score (nSPS) is 10.8. The number of rotatable bonds is 4. The van der Waals surface area contributed by atoms with Crippen LogP contribution in [0.4, 0.5) is 0 Å². The fourth-order valence-corrected chi connectivity index (χ4v) is 2.70. The van der Waals surface area contributed by atoms with Gasteiger partial charge < -0.3 is 4.90 Å². The van der Waals surface area contributed by atoms with Gasteiger partial charge in [-0.05, 0) is 29.8 Å². The molecule has 122 valence electrons.